The van der Waals surface area contributed by atoms with Crippen LogP contribution >= 0.6 is 0 Å². The summed E-state index contributed by atoms with van der Waals surface area (Å²) in [5, 5.41) is 8.65. The van der Waals surface area contributed by atoms with Crippen LogP contribution < -0.4 is 20.7 Å². The third-order valence-electron chi connectivity index (χ3n) is 8.99. The summed E-state index contributed by atoms with van der Waals surface area (Å²) in [4.78, 5) is 42.4. The summed E-state index contributed by atoms with van der Waals surface area (Å²) in [6, 6.07) is 6.52. The molecule has 4 bridgehead atoms. The molecular weight excluding hydrogens is 548 g/mol. The highest BCUT2D eigenvalue weighted by molar-refractivity contribution is 5.97. The number of hydrogen-bond acceptors (Lipinski definition) is 8. The molecule has 1 aliphatic heterocycles. The fourth-order valence-corrected chi connectivity index (χ4v) is 7.63. The molecule has 1 heterocycles. The number of alkyl carbamates (subject to hydrolysis) is 1. The third kappa shape index (κ3) is 9.10. The van der Waals surface area contributed by atoms with Gasteiger partial charge in [0.25, 0.3) is 0 Å². The standard InChI is InChI=1S/C33H48N4O6/c1-32(2,3)43-29(39)27(36-31(40)42-21-33-18-23-14-24(19-33)16-25(15-23)20-33)17-22-7-9-26(10-8-22)41-13-4-6-28(38)37-30-34-11-5-12-35-30/h7-10,23-25,27H,4-6,11-21H2,1-3H3,(H,36,40)(H2,34,35,37,38)/t23?,24?,25?,27-,33?/m0/s1. The lowest BCUT2D eigenvalue weighted by atomic mass is 9.50. The molecule has 4 fully saturated rings. The minimum Gasteiger partial charge on any atom is -0.494 e. The molecule has 5 aliphatic rings. The first-order valence-electron chi connectivity index (χ1n) is 16.0. The average molecular weight is 597 g/mol. The van der Waals surface area contributed by atoms with Crippen LogP contribution in [0, 0.1) is 23.2 Å². The Bertz CT molecular complexity index is 1140. The van der Waals surface area contributed by atoms with Crippen LogP contribution in [0.15, 0.2) is 29.3 Å². The van der Waals surface area contributed by atoms with Crippen molar-refractivity contribution < 1.29 is 28.6 Å². The fraction of sp³-hybridized carbons (Fsp3) is 0.697. The number of nitrogens with one attached hydrogen (secondary N) is 3. The van der Waals surface area contributed by atoms with E-state index < -0.39 is 23.7 Å². The topological polar surface area (TPSA) is 127 Å². The number of guanidine groups is 1. The normalized spacial score (nSPS) is 26.5. The maximum Gasteiger partial charge on any atom is 0.407 e. The van der Waals surface area contributed by atoms with E-state index in [-0.39, 0.29) is 17.7 Å². The van der Waals surface area contributed by atoms with Crippen molar-refractivity contribution in [2.24, 2.45) is 28.2 Å². The predicted molar refractivity (Wildman–Crippen MR) is 163 cm³/mol. The van der Waals surface area contributed by atoms with Crippen molar-refractivity contribution in [2.45, 2.75) is 96.6 Å². The van der Waals surface area contributed by atoms with Gasteiger partial charge in [-0.25, -0.2) is 9.59 Å². The van der Waals surface area contributed by atoms with Gasteiger partial charge in [0, 0.05) is 31.3 Å². The first-order chi connectivity index (χ1) is 20.5. The van der Waals surface area contributed by atoms with Gasteiger partial charge in [-0.15, -0.1) is 0 Å². The molecule has 4 aliphatic carbocycles. The van der Waals surface area contributed by atoms with Crippen LogP contribution in [0.4, 0.5) is 4.79 Å². The number of benzene rings is 1. The van der Waals surface area contributed by atoms with Gasteiger partial charge < -0.3 is 24.8 Å². The molecule has 0 aromatic heterocycles. The zero-order valence-corrected chi connectivity index (χ0v) is 25.9. The van der Waals surface area contributed by atoms with E-state index in [0.717, 1.165) is 62.1 Å². The fourth-order valence-electron chi connectivity index (χ4n) is 7.63. The lowest BCUT2D eigenvalue weighted by Gasteiger charge is -2.56. The van der Waals surface area contributed by atoms with Gasteiger partial charge in [-0.3, -0.25) is 15.1 Å². The van der Waals surface area contributed by atoms with Gasteiger partial charge in [0.2, 0.25) is 5.91 Å². The molecule has 4 saturated carbocycles. The van der Waals surface area contributed by atoms with E-state index in [0.29, 0.717) is 37.8 Å². The Morgan fingerprint density at radius 3 is 2.33 bits per heavy atom. The maximum absolute atomic E-state index is 13.1. The van der Waals surface area contributed by atoms with E-state index >= 15 is 0 Å². The lowest BCUT2D eigenvalue weighted by molar-refractivity contribution is -0.157. The Labute approximate surface area is 255 Å². The van der Waals surface area contributed by atoms with Gasteiger partial charge in [-0.2, -0.15) is 0 Å². The van der Waals surface area contributed by atoms with Gasteiger partial charge in [0.15, 0.2) is 5.96 Å². The number of aliphatic imine (C=N–C) groups is 1. The average Bonchev–Trinajstić information content (AvgIpc) is 2.94. The van der Waals surface area contributed by atoms with Crippen LogP contribution in [0.1, 0.15) is 84.1 Å². The second-order valence-electron chi connectivity index (χ2n) is 14.1. The molecule has 10 nitrogen and oxygen atoms in total. The molecule has 1 aromatic carbocycles. The number of carbonyl (C=O) groups is 3. The molecule has 6 rings (SSSR count). The van der Waals surface area contributed by atoms with Crippen molar-refractivity contribution in [3.05, 3.63) is 29.8 Å². The number of nitrogens with zero attached hydrogens (tertiary/aromatic N) is 1. The summed E-state index contributed by atoms with van der Waals surface area (Å²) in [5.41, 5.74) is 0.272. The van der Waals surface area contributed by atoms with E-state index in [9.17, 15) is 14.4 Å². The Balaban J connectivity index is 1.09. The van der Waals surface area contributed by atoms with Crippen molar-refractivity contribution in [3.8, 4) is 5.75 Å². The number of amides is 2. The largest absolute Gasteiger partial charge is 0.494 e. The van der Waals surface area contributed by atoms with E-state index in [4.69, 9.17) is 14.2 Å². The predicted octanol–water partition coefficient (Wildman–Crippen LogP) is 4.51. The van der Waals surface area contributed by atoms with Crippen LogP contribution in [0.25, 0.3) is 0 Å². The summed E-state index contributed by atoms with van der Waals surface area (Å²) < 4.78 is 17.2. The molecule has 0 radical (unpaired) electrons. The van der Waals surface area contributed by atoms with Gasteiger partial charge in [0.1, 0.15) is 17.4 Å². The summed E-state index contributed by atoms with van der Waals surface area (Å²) >= 11 is 0. The lowest BCUT2D eigenvalue weighted by Crippen LogP contribution is -2.50. The van der Waals surface area contributed by atoms with Crippen LogP contribution in [-0.4, -0.2) is 61.9 Å². The number of esters is 1. The van der Waals surface area contributed by atoms with Gasteiger partial charge >= 0.3 is 12.1 Å². The van der Waals surface area contributed by atoms with Gasteiger partial charge in [0.05, 0.1) is 13.2 Å². The zero-order chi connectivity index (χ0) is 30.5. The minimum absolute atomic E-state index is 0.0933. The molecule has 43 heavy (non-hydrogen) atoms. The number of carbonyl (C=O) groups excluding carboxylic acids is 3. The molecule has 236 valence electrons. The van der Waals surface area contributed by atoms with Crippen LogP contribution in [0.5, 0.6) is 5.75 Å². The quantitative estimate of drug-likeness (QED) is 0.253. The molecular formula is C33H48N4O6. The number of ether oxygens (including phenoxy) is 3. The second-order valence-corrected chi connectivity index (χ2v) is 14.1. The van der Waals surface area contributed by atoms with E-state index in [2.05, 4.69) is 20.9 Å². The number of rotatable bonds is 11. The monoisotopic (exact) mass is 596 g/mol. The van der Waals surface area contributed by atoms with E-state index in [1.807, 2.05) is 45.0 Å². The first kappa shape index (κ1) is 31.1. The minimum atomic E-state index is -0.878. The highest BCUT2D eigenvalue weighted by Gasteiger charge is 2.51. The third-order valence-corrected chi connectivity index (χ3v) is 8.99. The zero-order valence-electron chi connectivity index (χ0n) is 25.9. The molecule has 2 amide bonds. The highest BCUT2D eigenvalue weighted by atomic mass is 16.6. The molecule has 0 unspecified atom stereocenters. The number of hydrogen-bond donors (Lipinski definition) is 3. The van der Waals surface area contributed by atoms with Crippen molar-refractivity contribution in [3.63, 3.8) is 0 Å². The first-order valence-corrected chi connectivity index (χ1v) is 16.0. The molecule has 1 atom stereocenters. The molecule has 0 saturated heterocycles. The smallest absolute Gasteiger partial charge is 0.407 e. The van der Waals surface area contributed by atoms with Gasteiger partial charge in [-0.1, -0.05) is 12.1 Å². The summed E-state index contributed by atoms with van der Waals surface area (Å²) in [6.45, 7) is 7.78. The van der Waals surface area contributed by atoms with E-state index in [1.54, 1.807) is 0 Å². The molecule has 3 N–H and O–H groups in total. The Morgan fingerprint density at radius 2 is 1.72 bits per heavy atom. The SMILES string of the molecule is CC(C)(C)OC(=O)[C@H](Cc1ccc(OCCCC(=O)NC2=NCCCN2)cc1)NC(=O)OCC12CC3CC(CC(C3)C1)C2. The van der Waals surface area contributed by atoms with E-state index in [1.165, 1.54) is 19.3 Å². The van der Waals surface area contributed by atoms with Crippen molar-refractivity contribution in [2.75, 3.05) is 26.3 Å². The Hall–Kier alpha value is -3.30. The van der Waals surface area contributed by atoms with Gasteiger partial charge in [-0.05, 0) is 108 Å². The van der Waals surface area contributed by atoms with Crippen molar-refractivity contribution in [1.29, 1.82) is 0 Å². The Morgan fingerprint density at radius 1 is 1.05 bits per heavy atom. The summed E-state index contributed by atoms with van der Waals surface area (Å²) in [6.07, 6.45) is 9.02. The van der Waals surface area contributed by atoms with Crippen molar-refractivity contribution >= 4 is 23.9 Å². The second kappa shape index (κ2) is 13.6. The summed E-state index contributed by atoms with van der Waals surface area (Å²) in [7, 11) is 0. The van der Waals surface area contributed by atoms with Crippen molar-refractivity contribution in [1.82, 2.24) is 16.0 Å². The molecule has 0 spiro atoms. The Kier molecular flexibility index (Phi) is 9.82. The van der Waals surface area contributed by atoms with Crippen LogP contribution in [0.2, 0.25) is 0 Å². The van der Waals surface area contributed by atoms with Crippen LogP contribution in [-0.2, 0) is 25.5 Å². The molecule has 1 aromatic rings. The molecule has 10 heteroatoms. The summed E-state index contributed by atoms with van der Waals surface area (Å²) in [5.74, 6) is 2.95. The van der Waals surface area contributed by atoms with Crippen LogP contribution in [0.3, 0.4) is 0 Å². The maximum atomic E-state index is 13.1. The highest BCUT2D eigenvalue weighted by Crippen LogP contribution is 2.60.